The number of likely N-dealkylation sites (tertiary alicyclic amines) is 1. The second-order valence-electron chi connectivity index (χ2n) is 6.74. The number of benzene rings is 2. The van der Waals surface area contributed by atoms with E-state index in [1.807, 2.05) is 71.3 Å². The molecule has 4 heteroatoms. The van der Waals surface area contributed by atoms with Crippen LogP contribution >= 0.6 is 0 Å². The second-order valence-corrected chi connectivity index (χ2v) is 6.74. The Labute approximate surface area is 153 Å². The molecule has 2 heterocycles. The number of rotatable bonds is 5. The molecule has 132 valence electrons. The first-order valence-corrected chi connectivity index (χ1v) is 9.26. The fraction of sp³-hybridized carbons (Fsp3) is 0.273. The number of fused-ring (bicyclic) bond motifs is 1. The molecule has 4 nitrogen and oxygen atoms in total. The van der Waals surface area contributed by atoms with E-state index in [0.29, 0.717) is 11.9 Å². The van der Waals surface area contributed by atoms with E-state index in [-0.39, 0.29) is 5.56 Å². The van der Waals surface area contributed by atoms with Gasteiger partial charge in [-0.3, -0.25) is 9.36 Å². The second kappa shape index (κ2) is 7.67. The van der Waals surface area contributed by atoms with Gasteiger partial charge in [0.05, 0.1) is 10.9 Å². The van der Waals surface area contributed by atoms with Crippen LogP contribution in [0.5, 0.6) is 0 Å². The van der Waals surface area contributed by atoms with E-state index >= 15 is 0 Å². The highest BCUT2D eigenvalue weighted by molar-refractivity contribution is 5.79. The van der Waals surface area contributed by atoms with Crippen LogP contribution in [0.1, 0.15) is 24.2 Å². The van der Waals surface area contributed by atoms with Crippen molar-refractivity contribution in [2.45, 2.75) is 19.4 Å². The molecule has 3 aromatic rings. The molecule has 1 aliphatic heterocycles. The quantitative estimate of drug-likeness (QED) is 0.708. The SMILES string of the molecule is O=c1c2ccccc2nc(/C=C/c2ccccc2)n1CCN1CCCC1. The molecular formula is C22H23N3O. The Morgan fingerprint density at radius 1 is 0.885 bits per heavy atom. The summed E-state index contributed by atoms with van der Waals surface area (Å²) in [6, 6.07) is 17.7. The summed E-state index contributed by atoms with van der Waals surface area (Å²) in [5.74, 6) is 0.719. The van der Waals surface area contributed by atoms with Crippen LogP contribution in [0.25, 0.3) is 23.1 Å². The van der Waals surface area contributed by atoms with Gasteiger partial charge in [0, 0.05) is 13.1 Å². The maximum absolute atomic E-state index is 13.0. The fourth-order valence-corrected chi connectivity index (χ4v) is 3.51. The number of aromatic nitrogens is 2. The van der Waals surface area contributed by atoms with E-state index < -0.39 is 0 Å². The fourth-order valence-electron chi connectivity index (χ4n) is 3.51. The molecule has 4 rings (SSSR count). The van der Waals surface area contributed by atoms with Crippen LogP contribution in [0.3, 0.4) is 0 Å². The minimum absolute atomic E-state index is 0.0440. The zero-order chi connectivity index (χ0) is 17.8. The van der Waals surface area contributed by atoms with Crippen LogP contribution < -0.4 is 5.56 Å². The molecule has 1 aliphatic rings. The molecule has 1 aromatic heterocycles. The molecule has 0 N–H and O–H groups in total. The lowest BCUT2D eigenvalue weighted by Gasteiger charge is -2.17. The molecule has 0 spiro atoms. The molecule has 2 aromatic carbocycles. The van der Waals surface area contributed by atoms with Crippen LogP contribution in [0, 0.1) is 0 Å². The molecule has 0 bridgehead atoms. The molecule has 0 amide bonds. The minimum atomic E-state index is 0.0440. The van der Waals surface area contributed by atoms with Crippen LogP contribution in [0.4, 0.5) is 0 Å². The summed E-state index contributed by atoms with van der Waals surface area (Å²) in [4.78, 5) is 20.2. The Balaban J connectivity index is 1.72. The first kappa shape index (κ1) is 16.7. The van der Waals surface area contributed by atoms with Crippen molar-refractivity contribution < 1.29 is 0 Å². The summed E-state index contributed by atoms with van der Waals surface area (Å²) < 4.78 is 1.82. The van der Waals surface area contributed by atoms with Crippen LogP contribution in [-0.4, -0.2) is 34.1 Å². The van der Waals surface area contributed by atoms with Crippen molar-refractivity contribution >= 4 is 23.1 Å². The summed E-state index contributed by atoms with van der Waals surface area (Å²) in [5.41, 5.74) is 1.89. The molecule has 26 heavy (non-hydrogen) atoms. The van der Waals surface area contributed by atoms with E-state index in [9.17, 15) is 4.79 Å². The molecule has 1 fully saturated rings. The Kier molecular flexibility index (Phi) is 4.93. The third-order valence-electron chi connectivity index (χ3n) is 4.95. The summed E-state index contributed by atoms with van der Waals surface area (Å²) in [6.45, 7) is 3.83. The Hall–Kier alpha value is -2.72. The average molecular weight is 345 g/mol. The summed E-state index contributed by atoms with van der Waals surface area (Å²) in [5, 5.41) is 0.686. The predicted octanol–water partition coefficient (Wildman–Crippen LogP) is 3.66. The van der Waals surface area contributed by atoms with Crippen molar-refractivity contribution in [3.8, 4) is 0 Å². The number of hydrogen-bond donors (Lipinski definition) is 0. The minimum Gasteiger partial charge on any atom is -0.302 e. The molecule has 0 aliphatic carbocycles. The Morgan fingerprint density at radius 2 is 1.62 bits per heavy atom. The normalized spacial score (nSPS) is 15.2. The molecule has 1 saturated heterocycles. The average Bonchev–Trinajstić information content (AvgIpc) is 3.20. The first-order chi connectivity index (χ1) is 12.8. The van der Waals surface area contributed by atoms with Gasteiger partial charge in [-0.25, -0.2) is 4.98 Å². The predicted molar refractivity (Wildman–Crippen MR) is 107 cm³/mol. The lowest BCUT2D eigenvalue weighted by Crippen LogP contribution is -2.31. The first-order valence-electron chi connectivity index (χ1n) is 9.26. The van der Waals surface area contributed by atoms with E-state index in [2.05, 4.69) is 4.90 Å². The zero-order valence-corrected chi connectivity index (χ0v) is 14.8. The van der Waals surface area contributed by atoms with Gasteiger partial charge in [-0.05, 0) is 49.7 Å². The number of para-hydroxylation sites is 1. The topological polar surface area (TPSA) is 38.1 Å². The Bertz CT molecular complexity index is 970. The zero-order valence-electron chi connectivity index (χ0n) is 14.8. The van der Waals surface area contributed by atoms with Gasteiger partial charge >= 0.3 is 0 Å². The summed E-state index contributed by atoms with van der Waals surface area (Å²) in [6.07, 6.45) is 6.48. The molecule has 0 unspecified atom stereocenters. The standard InChI is InChI=1S/C22H23N3O/c26-22-19-10-4-5-11-20(19)23-21(13-12-18-8-2-1-3-9-18)25(22)17-16-24-14-6-7-15-24/h1-5,8-13H,6-7,14-17H2/b13-12+. The molecular weight excluding hydrogens is 322 g/mol. The van der Waals surface area contributed by atoms with E-state index in [4.69, 9.17) is 4.98 Å². The van der Waals surface area contributed by atoms with Gasteiger partial charge in [0.25, 0.3) is 5.56 Å². The monoisotopic (exact) mass is 345 g/mol. The summed E-state index contributed by atoms with van der Waals surface area (Å²) >= 11 is 0. The van der Waals surface area contributed by atoms with Crippen molar-refractivity contribution in [3.05, 3.63) is 76.3 Å². The van der Waals surface area contributed by atoms with Gasteiger partial charge < -0.3 is 4.90 Å². The number of nitrogens with zero attached hydrogens (tertiary/aromatic N) is 3. The Morgan fingerprint density at radius 3 is 2.42 bits per heavy atom. The third kappa shape index (κ3) is 3.60. The van der Waals surface area contributed by atoms with Crippen LogP contribution in [0.2, 0.25) is 0 Å². The van der Waals surface area contributed by atoms with E-state index in [0.717, 1.165) is 36.5 Å². The smallest absolute Gasteiger partial charge is 0.261 e. The highest BCUT2D eigenvalue weighted by Crippen LogP contribution is 2.12. The van der Waals surface area contributed by atoms with Gasteiger partial charge in [0.15, 0.2) is 0 Å². The maximum atomic E-state index is 13.0. The maximum Gasteiger partial charge on any atom is 0.261 e. The van der Waals surface area contributed by atoms with Crippen molar-refractivity contribution in [1.82, 2.24) is 14.5 Å². The van der Waals surface area contributed by atoms with Gasteiger partial charge in [-0.1, -0.05) is 48.5 Å². The molecule has 0 atom stereocenters. The van der Waals surface area contributed by atoms with Gasteiger partial charge in [-0.15, -0.1) is 0 Å². The highest BCUT2D eigenvalue weighted by Gasteiger charge is 2.14. The van der Waals surface area contributed by atoms with Crippen molar-refractivity contribution in [2.24, 2.45) is 0 Å². The molecule has 0 radical (unpaired) electrons. The van der Waals surface area contributed by atoms with E-state index in [1.54, 1.807) is 0 Å². The van der Waals surface area contributed by atoms with Crippen molar-refractivity contribution in [3.63, 3.8) is 0 Å². The van der Waals surface area contributed by atoms with Crippen LogP contribution in [0.15, 0.2) is 59.4 Å². The van der Waals surface area contributed by atoms with E-state index in [1.165, 1.54) is 12.8 Å². The van der Waals surface area contributed by atoms with Gasteiger partial charge in [-0.2, -0.15) is 0 Å². The van der Waals surface area contributed by atoms with Gasteiger partial charge in [0.2, 0.25) is 0 Å². The largest absolute Gasteiger partial charge is 0.302 e. The van der Waals surface area contributed by atoms with Crippen LogP contribution in [-0.2, 0) is 6.54 Å². The highest BCUT2D eigenvalue weighted by atomic mass is 16.1. The van der Waals surface area contributed by atoms with Crippen molar-refractivity contribution in [2.75, 3.05) is 19.6 Å². The molecule has 0 saturated carbocycles. The lowest BCUT2D eigenvalue weighted by molar-refractivity contribution is 0.320. The van der Waals surface area contributed by atoms with Gasteiger partial charge in [0.1, 0.15) is 5.82 Å². The summed E-state index contributed by atoms with van der Waals surface area (Å²) in [7, 11) is 0. The lowest BCUT2D eigenvalue weighted by atomic mass is 10.2. The van der Waals surface area contributed by atoms with Crippen molar-refractivity contribution in [1.29, 1.82) is 0 Å². The number of hydrogen-bond acceptors (Lipinski definition) is 3. The third-order valence-corrected chi connectivity index (χ3v) is 4.95.